The van der Waals surface area contributed by atoms with Gasteiger partial charge in [-0.2, -0.15) is 0 Å². The van der Waals surface area contributed by atoms with E-state index in [1.807, 2.05) is 0 Å². The number of rotatable bonds is 3. The fourth-order valence-corrected chi connectivity index (χ4v) is 3.45. The summed E-state index contributed by atoms with van der Waals surface area (Å²) in [6, 6.07) is 0. The molecule has 1 heterocycles. The Morgan fingerprint density at radius 3 is 2.29 bits per heavy atom. The molecule has 0 aromatic heterocycles. The van der Waals surface area contributed by atoms with Crippen molar-refractivity contribution < 1.29 is 24.2 Å². The van der Waals surface area contributed by atoms with Gasteiger partial charge in [-0.25, -0.2) is 4.79 Å². The summed E-state index contributed by atoms with van der Waals surface area (Å²) in [7, 11) is 0. The number of hydrogen-bond donors (Lipinski definition) is 2. The molecule has 1 saturated carbocycles. The van der Waals surface area contributed by atoms with Crippen molar-refractivity contribution in [2.24, 2.45) is 10.8 Å². The van der Waals surface area contributed by atoms with Crippen LogP contribution in [-0.2, 0) is 14.3 Å². The zero-order valence-corrected chi connectivity index (χ0v) is 13.0. The largest absolute Gasteiger partial charge is 0.481 e. The zero-order chi connectivity index (χ0) is 15.7. The molecule has 1 aliphatic carbocycles. The fraction of sp³-hybridized carbons (Fsp3) is 0.867. The van der Waals surface area contributed by atoms with Gasteiger partial charge < -0.3 is 19.9 Å². The maximum absolute atomic E-state index is 11.7. The molecule has 1 amide bonds. The van der Waals surface area contributed by atoms with Gasteiger partial charge in [0, 0.05) is 19.8 Å². The molecule has 1 aliphatic heterocycles. The van der Waals surface area contributed by atoms with Crippen LogP contribution in [0, 0.1) is 10.8 Å². The molecule has 2 rings (SSSR count). The lowest BCUT2D eigenvalue weighted by Gasteiger charge is -2.55. The smallest absolute Gasteiger partial charge is 0.407 e. The Bertz CT molecular complexity index is 412. The van der Waals surface area contributed by atoms with Crippen molar-refractivity contribution in [3.05, 3.63) is 0 Å². The van der Waals surface area contributed by atoms with Crippen molar-refractivity contribution in [1.82, 2.24) is 5.32 Å². The molecule has 21 heavy (non-hydrogen) atoms. The zero-order valence-electron chi connectivity index (χ0n) is 13.0. The van der Waals surface area contributed by atoms with Gasteiger partial charge in [-0.15, -0.1) is 0 Å². The van der Waals surface area contributed by atoms with Gasteiger partial charge in [0.15, 0.2) is 0 Å². The molecule has 0 unspecified atom stereocenters. The number of aliphatic carboxylic acids is 1. The Hall–Kier alpha value is -1.30. The first kappa shape index (κ1) is 16.1. The second kappa shape index (κ2) is 5.48. The van der Waals surface area contributed by atoms with Gasteiger partial charge in [-0.1, -0.05) is 0 Å². The van der Waals surface area contributed by atoms with Crippen molar-refractivity contribution in [1.29, 1.82) is 0 Å². The van der Waals surface area contributed by atoms with Crippen molar-refractivity contribution in [2.75, 3.05) is 19.8 Å². The number of carbonyl (C=O) groups excluding carboxylic acids is 1. The summed E-state index contributed by atoms with van der Waals surface area (Å²) in [5.41, 5.74) is -1.34. The Kier molecular flexibility index (Phi) is 4.19. The van der Waals surface area contributed by atoms with E-state index in [1.54, 1.807) is 20.8 Å². The number of ether oxygens (including phenoxy) is 2. The minimum Gasteiger partial charge on any atom is -0.481 e. The summed E-state index contributed by atoms with van der Waals surface area (Å²) in [5, 5.41) is 12.1. The maximum atomic E-state index is 11.7. The van der Waals surface area contributed by atoms with Crippen LogP contribution in [-0.4, -0.2) is 42.5 Å². The summed E-state index contributed by atoms with van der Waals surface area (Å²) < 4.78 is 10.5. The van der Waals surface area contributed by atoms with Crippen LogP contribution in [0.15, 0.2) is 0 Å². The van der Waals surface area contributed by atoms with Gasteiger partial charge in [-0.3, -0.25) is 4.79 Å². The van der Waals surface area contributed by atoms with E-state index in [0.717, 1.165) is 12.8 Å². The van der Waals surface area contributed by atoms with Crippen molar-refractivity contribution in [3.8, 4) is 0 Å². The minimum absolute atomic E-state index is 0.0895. The number of carbonyl (C=O) groups is 2. The second-order valence-electron chi connectivity index (χ2n) is 7.41. The number of alkyl carbamates (subject to hydrolysis) is 1. The number of amides is 1. The van der Waals surface area contributed by atoms with Crippen LogP contribution in [0.4, 0.5) is 4.79 Å². The molecule has 0 bridgehead atoms. The summed E-state index contributed by atoms with van der Waals surface area (Å²) in [6.07, 6.45) is 2.47. The van der Waals surface area contributed by atoms with Gasteiger partial charge in [-0.05, 0) is 51.9 Å². The highest BCUT2D eigenvalue weighted by Crippen LogP contribution is 2.59. The fourth-order valence-electron chi connectivity index (χ4n) is 3.45. The molecule has 0 aromatic rings. The molecular weight excluding hydrogens is 274 g/mol. The second-order valence-corrected chi connectivity index (χ2v) is 7.41. The molecule has 2 fully saturated rings. The number of carboxylic acid groups (broad SMARTS) is 1. The quantitative estimate of drug-likeness (QED) is 0.834. The SMILES string of the molecule is CC(C)(C)OC(=O)NCC1(C(=O)O)CC2(CCOCC2)C1. The van der Waals surface area contributed by atoms with E-state index in [4.69, 9.17) is 9.47 Å². The van der Waals surface area contributed by atoms with Crippen molar-refractivity contribution in [2.45, 2.75) is 52.1 Å². The standard InChI is InChI=1S/C15H25NO5/c1-13(2,3)21-12(19)16-10-15(11(17)18)8-14(9-15)4-6-20-7-5-14/h4-10H2,1-3H3,(H,16,19)(H,17,18). The molecule has 2 N–H and O–H groups in total. The van der Waals surface area contributed by atoms with Crippen LogP contribution < -0.4 is 5.32 Å². The van der Waals surface area contributed by atoms with Crippen LogP contribution in [0.1, 0.15) is 46.5 Å². The lowest BCUT2D eigenvalue weighted by Crippen LogP contribution is -2.58. The van der Waals surface area contributed by atoms with E-state index in [-0.39, 0.29) is 12.0 Å². The highest BCUT2D eigenvalue weighted by molar-refractivity contribution is 5.78. The van der Waals surface area contributed by atoms with Crippen LogP contribution in [0.5, 0.6) is 0 Å². The first-order chi connectivity index (χ1) is 9.67. The Balaban J connectivity index is 1.90. The van der Waals surface area contributed by atoms with E-state index in [9.17, 15) is 14.7 Å². The Morgan fingerprint density at radius 1 is 1.24 bits per heavy atom. The number of hydrogen-bond acceptors (Lipinski definition) is 4. The van der Waals surface area contributed by atoms with Gasteiger partial charge in [0.2, 0.25) is 0 Å². The first-order valence-corrected chi connectivity index (χ1v) is 7.45. The van der Waals surface area contributed by atoms with Gasteiger partial charge in [0.1, 0.15) is 5.60 Å². The molecule has 6 heteroatoms. The maximum Gasteiger partial charge on any atom is 0.407 e. The topological polar surface area (TPSA) is 84.9 Å². The Morgan fingerprint density at radius 2 is 1.81 bits per heavy atom. The van der Waals surface area contributed by atoms with E-state index >= 15 is 0 Å². The molecule has 1 saturated heterocycles. The summed E-state index contributed by atoms with van der Waals surface area (Å²) in [4.78, 5) is 23.3. The molecule has 6 nitrogen and oxygen atoms in total. The van der Waals surface area contributed by atoms with E-state index in [0.29, 0.717) is 26.1 Å². The van der Waals surface area contributed by atoms with Gasteiger partial charge in [0.05, 0.1) is 5.41 Å². The lowest BCUT2D eigenvalue weighted by atomic mass is 9.50. The average Bonchev–Trinajstić information content (AvgIpc) is 2.32. The monoisotopic (exact) mass is 299 g/mol. The Labute approximate surface area is 125 Å². The van der Waals surface area contributed by atoms with Gasteiger partial charge in [0.25, 0.3) is 0 Å². The molecule has 0 aromatic carbocycles. The van der Waals surface area contributed by atoms with E-state index in [2.05, 4.69) is 5.32 Å². The third kappa shape index (κ3) is 3.67. The third-order valence-electron chi connectivity index (χ3n) is 4.40. The van der Waals surface area contributed by atoms with Crippen molar-refractivity contribution >= 4 is 12.1 Å². The molecular formula is C15H25NO5. The minimum atomic E-state index is -0.853. The van der Waals surface area contributed by atoms with Gasteiger partial charge >= 0.3 is 12.1 Å². The lowest BCUT2D eigenvalue weighted by molar-refractivity contribution is -0.173. The third-order valence-corrected chi connectivity index (χ3v) is 4.40. The highest BCUT2D eigenvalue weighted by atomic mass is 16.6. The molecule has 1 spiro atoms. The van der Waals surface area contributed by atoms with Crippen LogP contribution >= 0.6 is 0 Å². The van der Waals surface area contributed by atoms with Crippen LogP contribution in [0.25, 0.3) is 0 Å². The summed E-state index contributed by atoms with van der Waals surface area (Å²) in [6.45, 7) is 6.87. The molecule has 120 valence electrons. The number of nitrogens with one attached hydrogen (secondary N) is 1. The van der Waals surface area contributed by atoms with Crippen LogP contribution in [0.3, 0.4) is 0 Å². The molecule has 0 radical (unpaired) electrons. The number of carboxylic acids is 1. The van der Waals surface area contributed by atoms with Crippen LogP contribution in [0.2, 0.25) is 0 Å². The predicted octanol–water partition coefficient (Wildman–Crippen LogP) is 2.17. The molecule has 2 aliphatic rings. The van der Waals surface area contributed by atoms with E-state index < -0.39 is 23.1 Å². The van der Waals surface area contributed by atoms with E-state index in [1.165, 1.54) is 0 Å². The predicted molar refractivity (Wildman–Crippen MR) is 76.0 cm³/mol. The highest BCUT2D eigenvalue weighted by Gasteiger charge is 2.59. The normalized spacial score (nSPS) is 23.2. The molecule has 0 atom stereocenters. The summed E-state index contributed by atoms with van der Waals surface area (Å²) >= 11 is 0. The average molecular weight is 299 g/mol. The van der Waals surface area contributed by atoms with Crippen molar-refractivity contribution in [3.63, 3.8) is 0 Å². The first-order valence-electron chi connectivity index (χ1n) is 7.45. The summed E-state index contributed by atoms with van der Waals surface area (Å²) in [5.74, 6) is -0.837.